The highest BCUT2D eigenvalue weighted by Crippen LogP contribution is 2.29. The van der Waals surface area contributed by atoms with Crippen molar-refractivity contribution < 1.29 is 4.79 Å². The summed E-state index contributed by atoms with van der Waals surface area (Å²) >= 11 is 0. The molecule has 1 amide bonds. The Morgan fingerprint density at radius 1 is 1.33 bits per heavy atom. The molecule has 0 radical (unpaired) electrons. The monoisotopic (exact) mass is 287 g/mol. The molecule has 4 nitrogen and oxygen atoms in total. The molecule has 21 heavy (non-hydrogen) atoms. The van der Waals surface area contributed by atoms with Gasteiger partial charge >= 0.3 is 0 Å². The van der Waals surface area contributed by atoms with Crippen molar-refractivity contribution in [2.24, 2.45) is 0 Å². The largest absolute Gasteiger partial charge is 0.359 e. The molecular weight excluding hydrogens is 262 g/mol. The van der Waals surface area contributed by atoms with Gasteiger partial charge in [0.05, 0.1) is 0 Å². The molecule has 1 atom stereocenters. The first kappa shape index (κ1) is 14.4. The number of hydrogen-bond acceptors (Lipinski definition) is 3. The van der Waals surface area contributed by atoms with Crippen LogP contribution >= 0.6 is 0 Å². The van der Waals surface area contributed by atoms with Crippen molar-refractivity contribution in [1.82, 2.24) is 10.6 Å². The molecule has 114 valence electrons. The van der Waals surface area contributed by atoms with Crippen molar-refractivity contribution in [3.8, 4) is 0 Å². The highest BCUT2D eigenvalue weighted by molar-refractivity contribution is 5.86. The third kappa shape index (κ3) is 3.21. The molecule has 1 aliphatic carbocycles. The first-order valence-electron chi connectivity index (χ1n) is 8.00. The molecule has 0 aromatic heterocycles. The number of carbonyl (C=O) groups excluding carboxylic acids is 1. The third-order valence-corrected chi connectivity index (χ3v) is 4.54. The Hall–Kier alpha value is -1.55. The number of carbonyl (C=O) groups is 1. The van der Waals surface area contributed by atoms with E-state index < -0.39 is 0 Å². The SMILES string of the molecule is CNC(=O)C1CCCN1c1ccc(CNC2CC2)cc1C. The molecule has 1 unspecified atom stereocenters. The lowest BCUT2D eigenvalue weighted by atomic mass is 10.1. The lowest BCUT2D eigenvalue weighted by molar-refractivity contribution is -0.121. The maximum Gasteiger partial charge on any atom is 0.242 e. The van der Waals surface area contributed by atoms with Gasteiger partial charge in [-0.2, -0.15) is 0 Å². The zero-order valence-corrected chi connectivity index (χ0v) is 13.0. The number of nitrogens with one attached hydrogen (secondary N) is 2. The van der Waals surface area contributed by atoms with Gasteiger partial charge in [0.2, 0.25) is 5.91 Å². The molecule has 3 rings (SSSR count). The Kier molecular flexibility index (Phi) is 4.15. The van der Waals surface area contributed by atoms with Crippen molar-refractivity contribution in [3.05, 3.63) is 29.3 Å². The smallest absolute Gasteiger partial charge is 0.242 e. The van der Waals surface area contributed by atoms with Gasteiger partial charge in [0.25, 0.3) is 0 Å². The van der Waals surface area contributed by atoms with E-state index >= 15 is 0 Å². The predicted molar refractivity (Wildman–Crippen MR) is 85.5 cm³/mol. The highest BCUT2D eigenvalue weighted by atomic mass is 16.2. The minimum absolute atomic E-state index is 0.0101. The van der Waals surface area contributed by atoms with E-state index in [1.165, 1.54) is 29.7 Å². The van der Waals surface area contributed by atoms with Gasteiger partial charge in [-0.05, 0) is 49.8 Å². The number of aryl methyl sites for hydroxylation is 1. The Morgan fingerprint density at radius 2 is 2.14 bits per heavy atom. The number of anilines is 1. The quantitative estimate of drug-likeness (QED) is 0.870. The molecule has 1 heterocycles. The van der Waals surface area contributed by atoms with Crippen molar-refractivity contribution >= 4 is 11.6 Å². The van der Waals surface area contributed by atoms with Gasteiger partial charge in [-0.15, -0.1) is 0 Å². The number of amides is 1. The van der Waals surface area contributed by atoms with Gasteiger partial charge in [-0.3, -0.25) is 4.79 Å². The molecule has 0 spiro atoms. The lowest BCUT2D eigenvalue weighted by Gasteiger charge is -2.27. The Morgan fingerprint density at radius 3 is 2.81 bits per heavy atom. The molecule has 2 fully saturated rings. The predicted octanol–water partition coefficient (Wildman–Crippen LogP) is 1.96. The van der Waals surface area contributed by atoms with Crippen LogP contribution in [0.5, 0.6) is 0 Å². The molecule has 2 aliphatic rings. The van der Waals surface area contributed by atoms with Crippen molar-refractivity contribution in [3.63, 3.8) is 0 Å². The zero-order chi connectivity index (χ0) is 14.8. The second-order valence-corrected chi connectivity index (χ2v) is 6.24. The summed E-state index contributed by atoms with van der Waals surface area (Å²) in [4.78, 5) is 14.3. The van der Waals surface area contributed by atoms with Gasteiger partial charge < -0.3 is 15.5 Å². The van der Waals surface area contributed by atoms with Gasteiger partial charge in [-0.1, -0.05) is 12.1 Å². The number of benzene rings is 1. The topological polar surface area (TPSA) is 44.4 Å². The average Bonchev–Trinajstić information content (AvgIpc) is 3.20. The van der Waals surface area contributed by atoms with E-state index in [-0.39, 0.29) is 11.9 Å². The summed E-state index contributed by atoms with van der Waals surface area (Å²) in [6.07, 6.45) is 4.67. The first-order valence-corrected chi connectivity index (χ1v) is 8.00. The van der Waals surface area contributed by atoms with Crippen LogP contribution in [0, 0.1) is 6.92 Å². The fourth-order valence-electron chi connectivity index (χ4n) is 3.19. The van der Waals surface area contributed by atoms with E-state index in [1.54, 1.807) is 7.05 Å². The van der Waals surface area contributed by atoms with Crippen molar-refractivity contribution in [1.29, 1.82) is 0 Å². The van der Waals surface area contributed by atoms with Crippen LogP contribution < -0.4 is 15.5 Å². The molecule has 1 aliphatic heterocycles. The molecular formula is C17H25N3O. The number of hydrogen-bond donors (Lipinski definition) is 2. The second-order valence-electron chi connectivity index (χ2n) is 6.24. The Balaban J connectivity index is 1.73. The first-order chi connectivity index (χ1) is 10.2. The lowest BCUT2D eigenvalue weighted by Crippen LogP contribution is -2.42. The average molecular weight is 287 g/mol. The summed E-state index contributed by atoms with van der Waals surface area (Å²) in [5, 5.41) is 6.33. The second kappa shape index (κ2) is 6.06. The minimum atomic E-state index is -0.0101. The standard InChI is InChI=1S/C17H25N3O/c1-12-10-13(11-19-14-6-7-14)5-8-15(12)20-9-3-4-16(20)17(21)18-2/h5,8,10,14,16,19H,3-4,6-7,9,11H2,1-2H3,(H,18,21). The maximum atomic E-state index is 12.0. The molecule has 0 bridgehead atoms. The summed E-state index contributed by atoms with van der Waals surface area (Å²) in [6, 6.07) is 7.35. The Bertz CT molecular complexity index is 525. The molecule has 1 saturated carbocycles. The zero-order valence-electron chi connectivity index (χ0n) is 13.0. The Labute approximate surface area is 126 Å². The van der Waals surface area contributed by atoms with Gasteiger partial charge in [0.15, 0.2) is 0 Å². The molecule has 2 N–H and O–H groups in total. The van der Waals surface area contributed by atoms with Crippen LogP contribution in [-0.2, 0) is 11.3 Å². The number of rotatable bonds is 5. The van der Waals surface area contributed by atoms with Crippen LogP contribution in [0.2, 0.25) is 0 Å². The summed E-state index contributed by atoms with van der Waals surface area (Å²) in [7, 11) is 1.72. The van der Waals surface area contributed by atoms with Crippen molar-refractivity contribution in [2.45, 2.75) is 51.2 Å². The van der Waals surface area contributed by atoms with E-state index in [9.17, 15) is 4.79 Å². The van der Waals surface area contributed by atoms with Crippen LogP contribution in [0.15, 0.2) is 18.2 Å². The van der Waals surface area contributed by atoms with E-state index in [1.807, 2.05) is 0 Å². The molecule has 4 heteroatoms. The fraction of sp³-hybridized carbons (Fsp3) is 0.588. The van der Waals surface area contributed by atoms with Crippen LogP contribution in [0.25, 0.3) is 0 Å². The molecule has 1 saturated heterocycles. The number of likely N-dealkylation sites (N-methyl/N-ethyl adjacent to an activating group) is 1. The van der Waals surface area contributed by atoms with E-state index in [0.717, 1.165) is 32.0 Å². The van der Waals surface area contributed by atoms with E-state index in [2.05, 4.69) is 40.7 Å². The summed E-state index contributed by atoms with van der Waals surface area (Å²) in [5.41, 5.74) is 3.80. The number of nitrogens with zero attached hydrogens (tertiary/aromatic N) is 1. The highest BCUT2D eigenvalue weighted by Gasteiger charge is 2.30. The molecule has 1 aromatic rings. The summed E-state index contributed by atoms with van der Waals surface area (Å²) < 4.78 is 0. The van der Waals surface area contributed by atoms with Gasteiger partial charge in [0, 0.05) is 31.9 Å². The molecule has 1 aromatic carbocycles. The van der Waals surface area contributed by atoms with Gasteiger partial charge in [0.1, 0.15) is 6.04 Å². The van der Waals surface area contributed by atoms with E-state index in [0.29, 0.717) is 0 Å². The van der Waals surface area contributed by atoms with Gasteiger partial charge in [-0.25, -0.2) is 0 Å². The van der Waals surface area contributed by atoms with Crippen LogP contribution in [-0.4, -0.2) is 31.6 Å². The minimum Gasteiger partial charge on any atom is -0.359 e. The maximum absolute atomic E-state index is 12.0. The summed E-state index contributed by atoms with van der Waals surface area (Å²) in [6.45, 7) is 4.07. The van der Waals surface area contributed by atoms with Crippen LogP contribution in [0.3, 0.4) is 0 Å². The fourth-order valence-corrected chi connectivity index (χ4v) is 3.19. The third-order valence-electron chi connectivity index (χ3n) is 4.54. The van der Waals surface area contributed by atoms with Crippen LogP contribution in [0.4, 0.5) is 5.69 Å². The van der Waals surface area contributed by atoms with Crippen molar-refractivity contribution in [2.75, 3.05) is 18.5 Å². The summed E-state index contributed by atoms with van der Waals surface area (Å²) in [5.74, 6) is 0.131. The van der Waals surface area contributed by atoms with E-state index in [4.69, 9.17) is 0 Å². The van der Waals surface area contributed by atoms with Crippen LogP contribution in [0.1, 0.15) is 36.8 Å². The normalized spacial score (nSPS) is 21.6.